The van der Waals surface area contributed by atoms with E-state index in [9.17, 15) is 14.4 Å². The average molecular weight is 324 g/mol. The van der Waals surface area contributed by atoms with Gasteiger partial charge in [0, 0.05) is 19.4 Å². The zero-order valence-corrected chi connectivity index (χ0v) is 13.0. The van der Waals surface area contributed by atoms with Gasteiger partial charge in [-0.2, -0.15) is 5.10 Å². The summed E-state index contributed by atoms with van der Waals surface area (Å²) in [4.78, 5) is 34.4. The maximum absolute atomic E-state index is 11.7. The zero-order chi connectivity index (χ0) is 17.1. The number of rotatable bonds is 8. The molecule has 1 heterocycles. The summed E-state index contributed by atoms with van der Waals surface area (Å²) in [6, 6.07) is 3.46. The van der Waals surface area contributed by atoms with Crippen molar-refractivity contribution in [3.05, 3.63) is 24.2 Å². The minimum atomic E-state index is -0.906. The van der Waals surface area contributed by atoms with Gasteiger partial charge in [0.05, 0.1) is 25.8 Å². The molecule has 1 aromatic heterocycles. The highest BCUT2D eigenvalue weighted by Gasteiger charge is 2.12. The lowest BCUT2D eigenvalue weighted by Crippen LogP contribution is -2.39. The van der Waals surface area contributed by atoms with E-state index in [0.717, 1.165) is 0 Å². The molecule has 0 saturated heterocycles. The Bertz CT molecular complexity index is 554. The van der Waals surface area contributed by atoms with E-state index in [1.165, 1.54) is 13.4 Å². The highest BCUT2D eigenvalue weighted by molar-refractivity contribution is 6.35. The molecule has 0 aromatic carbocycles. The number of ether oxygens (including phenoxy) is 1. The number of furan rings is 1. The minimum Gasteiger partial charge on any atom is -0.467 e. The smallest absolute Gasteiger partial charge is 0.329 e. The zero-order valence-electron chi connectivity index (χ0n) is 13.0. The molecule has 126 valence electrons. The number of methoxy groups -OCH3 is 1. The first kappa shape index (κ1) is 18.4. The SMILES string of the molecule is COCCNC(=O)C(=O)N/N=C(/C)CC(=O)NCc1ccco1. The number of amides is 3. The van der Waals surface area contributed by atoms with Gasteiger partial charge < -0.3 is 19.8 Å². The minimum absolute atomic E-state index is 0.00766. The second kappa shape index (κ2) is 10.1. The van der Waals surface area contributed by atoms with E-state index in [0.29, 0.717) is 18.1 Å². The standard InChI is InChI=1S/C14H20N4O5/c1-10(8-12(19)16-9-11-4-3-6-23-11)17-18-14(21)13(20)15-5-7-22-2/h3-4,6H,5,7-9H2,1-2H3,(H,15,20)(H,16,19)(H,18,21)/b17-10-. The summed E-state index contributed by atoms with van der Waals surface area (Å²) in [7, 11) is 1.48. The fraction of sp³-hybridized carbons (Fsp3) is 0.429. The van der Waals surface area contributed by atoms with Crippen molar-refractivity contribution in [3.8, 4) is 0 Å². The van der Waals surface area contributed by atoms with E-state index in [4.69, 9.17) is 9.15 Å². The van der Waals surface area contributed by atoms with Crippen molar-refractivity contribution in [3.63, 3.8) is 0 Å². The Hall–Kier alpha value is -2.68. The van der Waals surface area contributed by atoms with Crippen molar-refractivity contribution in [1.82, 2.24) is 16.1 Å². The molecule has 0 aliphatic carbocycles. The third-order valence-corrected chi connectivity index (χ3v) is 2.60. The largest absolute Gasteiger partial charge is 0.467 e. The summed E-state index contributed by atoms with van der Waals surface area (Å²) in [5.74, 6) is -1.37. The van der Waals surface area contributed by atoms with Gasteiger partial charge in [0.1, 0.15) is 5.76 Å². The predicted octanol–water partition coefficient (Wildman–Crippen LogP) is -0.459. The van der Waals surface area contributed by atoms with Crippen LogP contribution in [0.15, 0.2) is 27.9 Å². The van der Waals surface area contributed by atoms with Gasteiger partial charge in [0.25, 0.3) is 0 Å². The number of carbonyl (C=O) groups excluding carboxylic acids is 3. The van der Waals surface area contributed by atoms with Crippen molar-refractivity contribution >= 4 is 23.4 Å². The molecule has 0 fully saturated rings. The molecule has 9 nitrogen and oxygen atoms in total. The first-order chi connectivity index (χ1) is 11.0. The lowest BCUT2D eigenvalue weighted by Gasteiger charge is -2.05. The third kappa shape index (κ3) is 7.77. The molecule has 0 atom stereocenters. The van der Waals surface area contributed by atoms with Crippen molar-refractivity contribution in [2.45, 2.75) is 19.9 Å². The van der Waals surface area contributed by atoms with Crippen molar-refractivity contribution in [2.24, 2.45) is 5.10 Å². The van der Waals surface area contributed by atoms with E-state index in [2.05, 4.69) is 21.2 Å². The van der Waals surface area contributed by atoms with Crippen LogP contribution in [0.2, 0.25) is 0 Å². The average Bonchev–Trinajstić information content (AvgIpc) is 3.04. The number of nitrogens with one attached hydrogen (secondary N) is 3. The number of carbonyl (C=O) groups is 3. The lowest BCUT2D eigenvalue weighted by molar-refractivity contribution is -0.139. The second-order valence-electron chi connectivity index (χ2n) is 4.57. The summed E-state index contributed by atoms with van der Waals surface area (Å²) in [5, 5.41) is 8.69. The Morgan fingerprint density at radius 3 is 2.70 bits per heavy atom. The monoisotopic (exact) mass is 324 g/mol. The van der Waals surface area contributed by atoms with E-state index in [1.54, 1.807) is 19.1 Å². The summed E-state index contributed by atoms with van der Waals surface area (Å²) < 4.78 is 9.82. The number of nitrogens with zero attached hydrogens (tertiary/aromatic N) is 1. The Morgan fingerprint density at radius 2 is 2.04 bits per heavy atom. The number of hydrogen-bond acceptors (Lipinski definition) is 6. The van der Waals surface area contributed by atoms with Crippen LogP contribution < -0.4 is 16.1 Å². The summed E-state index contributed by atoms with van der Waals surface area (Å²) >= 11 is 0. The normalized spacial score (nSPS) is 11.0. The first-order valence-electron chi connectivity index (χ1n) is 6.92. The van der Waals surface area contributed by atoms with Crippen LogP contribution in [0.25, 0.3) is 0 Å². The maximum atomic E-state index is 11.7. The van der Waals surface area contributed by atoms with E-state index in [-0.39, 0.29) is 25.4 Å². The molecule has 1 aromatic rings. The van der Waals surface area contributed by atoms with Crippen LogP contribution >= 0.6 is 0 Å². The van der Waals surface area contributed by atoms with Crippen LogP contribution in [0.5, 0.6) is 0 Å². The van der Waals surface area contributed by atoms with Crippen LogP contribution in [-0.2, 0) is 25.7 Å². The highest BCUT2D eigenvalue weighted by atomic mass is 16.5. The lowest BCUT2D eigenvalue weighted by atomic mass is 10.3. The molecule has 0 aliphatic heterocycles. The van der Waals surface area contributed by atoms with Gasteiger partial charge >= 0.3 is 11.8 Å². The van der Waals surface area contributed by atoms with Crippen LogP contribution in [-0.4, -0.2) is 43.7 Å². The summed E-state index contributed by atoms with van der Waals surface area (Å²) in [6.45, 7) is 2.36. The predicted molar refractivity (Wildman–Crippen MR) is 81.3 cm³/mol. The highest BCUT2D eigenvalue weighted by Crippen LogP contribution is 1.98. The third-order valence-electron chi connectivity index (χ3n) is 2.60. The van der Waals surface area contributed by atoms with Gasteiger partial charge in [-0.1, -0.05) is 0 Å². The Labute approximate surface area is 133 Å². The molecule has 3 N–H and O–H groups in total. The Morgan fingerprint density at radius 1 is 1.26 bits per heavy atom. The van der Waals surface area contributed by atoms with Crippen molar-refractivity contribution in [2.75, 3.05) is 20.3 Å². The van der Waals surface area contributed by atoms with Gasteiger partial charge in [-0.05, 0) is 19.1 Å². The maximum Gasteiger partial charge on any atom is 0.329 e. The van der Waals surface area contributed by atoms with Crippen LogP contribution in [0.4, 0.5) is 0 Å². The molecule has 23 heavy (non-hydrogen) atoms. The molecule has 0 unspecified atom stereocenters. The van der Waals surface area contributed by atoms with Crippen molar-refractivity contribution < 1.29 is 23.5 Å². The van der Waals surface area contributed by atoms with Gasteiger partial charge in [-0.15, -0.1) is 0 Å². The van der Waals surface area contributed by atoms with E-state index >= 15 is 0 Å². The molecule has 9 heteroatoms. The Balaban J connectivity index is 2.28. The molecule has 1 rings (SSSR count). The van der Waals surface area contributed by atoms with E-state index in [1.807, 2.05) is 0 Å². The van der Waals surface area contributed by atoms with Gasteiger partial charge in [-0.25, -0.2) is 5.43 Å². The van der Waals surface area contributed by atoms with Gasteiger partial charge in [0.15, 0.2) is 0 Å². The summed E-state index contributed by atoms with van der Waals surface area (Å²) in [5.41, 5.74) is 2.44. The fourth-order valence-corrected chi connectivity index (χ4v) is 1.48. The Kier molecular flexibility index (Phi) is 8.08. The molecule has 0 bridgehead atoms. The molecule has 3 amide bonds. The first-order valence-corrected chi connectivity index (χ1v) is 6.92. The van der Waals surface area contributed by atoms with Gasteiger partial charge in [0.2, 0.25) is 5.91 Å². The molecular formula is C14H20N4O5. The van der Waals surface area contributed by atoms with Crippen LogP contribution in [0.1, 0.15) is 19.1 Å². The van der Waals surface area contributed by atoms with Gasteiger partial charge in [-0.3, -0.25) is 14.4 Å². The molecule has 0 spiro atoms. The quantitative estimate of drug-likeness (QED) is 0.258. The molecule has 0 radical (unpaired) electrons. The number of hydrazone groups is 1. The second-order valence-corrected chi connectivity index (χ2v) is 4.57. The summed E-state index contributed by atoms with van der Waals surface area (Å²) in [6.07, 6.45) is 1.51. The molecular weight excluding hydrogens is 304 g/mol. The van der Waals surface area contributed by atoms with Crippen LogP contribution in [0, 0.1) is 0 Å². The number of hydrogen-bond donors (Lipinski definition) is 3. The fourth-order valence-electron chi connectivity index (χ4n) is 1.48. The van der Waals surface area contributed by atoms with Crippen LogP contribution in [0.3, 0.4) is 0 Å². The molecule has 0 saturated carbocycles. The molecule has 0 aliphatic rings. The van der Waals surface area contributed by atoms with Crippen molar-refractivity contribution in [1.29, 1.82) is 0 Å². The van der Waals surface area contributed by atoms with E-state index < -0.39 is 11.8 Å². The topological polar surface area (TPSA) is 122 Å².